The highest BCUT2D eigenvalue weighted by Crippen LogP contribution is 2.35. The van der Waals surface area contributed by atoms with E-state index in [2.05, 4.69) is 5.32 Å². The van der Waals surface area contributed by atoms with Crippen LogP contribution in [0.1, 0.15) is 31.4 Å². The topological polar surface area (TPSA) is 67.9 Å². The van der Waals surface area contributed by atoms with E-state index < -0.39 is 17.3 Å². The van der Waals surface area contributed by atoms with Crippen molar-refractivity contribution in [1.29, 1.82) is 0 Å². The van der Waals surface area contributed by atoms with Gasteiger partial charge >= 0.3 is 0 Å². The summed E-state index contributed by atoms with van der Waals surface area (Å²) in [6.45, 7) is 6.73. The zero-order valence-electron chi connectivity index (χ0n) is 17.3. The van der Waals surface area contributed by atoms with Gasteiger partial charge in [0.15, 0.2) is 11.5 Å². The number of fused-ring (bicyclic) bond motifs is 1. The summed E-state index contributed by atoms with van der Waals surface area (Å²) >= 11 is 0. The Kier molecular flexibility index (Phi) is 5.13. The second-order valence-electron chi connectivity index (χ2n) is 8.33. The van der Waals surface area contributed by atoms with Gasteiger partial charge in [-0.2, -0.15) is 0 Å². The van der Waals surface area contributed by atoms with Crippen LogP contribution in [0.15, 0.2) is 36.4 Å². The van der Waals surface area contributed by atoms with Crippen LogP contribution in [0.25, 0.3) is 0 Å². The molecule has 2 aromatic rings. The molecule has 0 aromatic heterocycles. The fraction of sp³-hybridized carbons (Fsp3) is 0.391. The van der Waals surface area contributed by atoms with Crippen molar-refractivity contribution in [2.75, 3.05) is 24.7 Å². The SMILES string of the molecule is Cc1ccc(N2CC(C(=O)NC(C)(C)c3ccc4c(c3)OCCO4)CC2=O)c(F)c1. The molecule has 7 heteroatoms. The molecular weight excluding hydrogens is 387 g/mol. The zero-order chi connectivity index (χ0) is 21.5. The average molecular weight is 412 g/mol. The summed E-state index contributed by atoms with van der Waals surface area (Å²) in [5.74, 6) is -0.161. The molecular formula is C23H25FN2O4. The largest absolute Gasteiger partial charge is 0.486 e. The van der Waals surface area contributed by atoms with Crippen LogP contribution in [-0.2, 0) is 15.1 Å². The zero-order valence-corrected chi connectivity index (χ0v) is 17.3. The number of amides is 2. The highest BCUT2D eigenvalue weighted by atomic mass is 19.1. The van der Waals surface area contributed by atoms with Gasteiger partial charge in [0.05, 0.1) is 17.1 Å². The monoisotopic (exact) mass is 412 g/mol. The lowest BCUT2D eigenvalue weighted by atomic mass is 9.92. The first kappa shape index (κ1) is 20.2. The quantitative estimate of drug-likeness (QED) is 0.837. The van der Waals surface area contributed by atoms with Crippen LogP contribution in [0.4, 0.5) is 10.1 Å². The Balaban J connectivity index is 1.47. The van der Waals surface area contributed by atoms with E-state index >= 15 is 0 Å². The molecule has 0 bridgehead atoms. The van der Waals surface area contributed by atoms with Gasteiger partial charge in [-0.25, -0.2) is 4.39 Å². The number of carbonyl (C=O) groups is 2. The highest BCUT2D eigenvalue weighted by molar-refractivity contribution is 6.00. The van der Waals surface area contributed by atoms with Crippen LogP contribution in [0.2, 0.25) is 0 Å². The van der Waals surface area contributed by atoms with Gasteiger partial charge in [-0.15, -0.1) is 0 Å². The number of carbonyl (C=O) groups excluding carboxylic acids is 2. The van der Waals surface area contributed by atoms with E-state index in [4.69, 9.17) is 9.47 Å². The Morgan fingerprint density at radius 2 is 1.87 bits per heavy atom. The smallest absolute Gasteiger partial charge is 0.227 e. The van der Waals surface area contributed by atoms with E-state index in [1.165, 1.54) is 11.0 Å². The summed E-state index contributed by atoms with van der Waals surface area (Å²) in [6.07, 6.45) is 0.0520. The third-order valence-corrected chi connectivity index (χ3v) is 5.59. The van der Waals surface area contributed by atoms with Crippen LogP contribution in [0.3, 0.4) is 0 Å². The van der Waals surface area contributed by atoms with E-state index in [-0.39, 0.29) is 30.5 Å². The molecule has 158 valence electrons. The summed E-state index contributed by atoms with van der Waals surface area (Å²) < 4.78 is 25.5. The lowest BCUT2D eigenvalue weighted by Gasteiger charge is -2.30. The second kappa shape index (κ2) is 7.63. The average Bonchev–Trinajstić information content (AvgIpc) is 3.09. The maximum absolute atomic E-state index is 14.3. The number of nitrogens with zero attached hydrogens (tertiary/aromatic N) is 1. The Hall–Kier alpha value is -3.09. The predicted octanol–water partition coefficient (Wildman–Crippen LogP) is 3.31. The van der Waals surface area contributed by atoms with Crippen molar-refractivity contribution in [3.05, 3.63) is 53.3 Å². The minimum absolute atomic E-state index is 0.0520. The van der Waals surface area contributed by atoms with Gasteiger partial charge < -0.3 is 19.7 Å². The Morgan fingerprint density at radius 1 is 1.13 bits per heavy atom. The number of ether oxygens (including phenoxy) is 2. The van der Waals surface area contributed by atoms with Gasteiger partial charge in [0.25, 0.3) is 0 Å². The third kappa shape index (κ3) is 3.84. The molecule has 1 atom stereocenters. The van der Waals surface area contributed by atoms with Crippen molar-refractivity contribution in [2.24, 2.45) is 5.92 Å². The number of hydrogen-bond acceptors (Lipinski definition) is 4. The lowest BCUT2D eigenvalue weighted by molar-refractivity contribution is -0.127. The number of aryl methyl sites for hydroxylation is 1. The van der Waals surface area contributed by atoms with Gasteiger partial charge in [0.1, 0.15) is 19.0 Å². The third-order valence-electron chi connectivity index (χ3n) is 5.59. The minimum atomic E-state index is -0.682. The minimum Gasteiger partial charge on any atom is -0.486 e. The maximum atomic E-state index is 14.3. The van der Waals surface area contributed by atoms with Crippen molar-refractivity contribution in [2.45, 2.75) is 32.7 Å². The first-order valence-corrected chi connectivity index (χ1v) is 10.0. The number of rotatable bonds is 4. The van der Waals surface area contributed by atoms with Crippen LogP contribution in [-0.4, -0.2) is 31.6 Å². The molecule has 2 amide bonds. The normalized spacial score (nSPS) is 18.5. The number of halogens is 1. The number of benzene rings is 2. The van der Waals surface area contributed by atoms with Crippen molar-refractivity contribution in [3.8, 4) is 11.5 Å². The molecule has 2 aliphatic heterocycles. The lowest BCUT2D eigenvalue weighted by Crippen LogP contribution is -2.44. The van der Waals surface area contributed by atoms with Crippen molar-refractivity contribution >= 4 is 17.5 Å². The number of hydrogen-bond donors (Lipinski definition) is 1. The highest BCUT2D eigenvalue weighted by Gasteiger charge is 2.38. The van der Waals surface area contributed by atoms with Gasteiger partial charge in [0, 0.05) is 13.0 Å². The fourth-order valence-corrected chi connectivity index (χ4v) is 3.86. The molecule has 1 saturated heterocycles. The summed E-state index contributed by atoms with van der Waals surface area (Å²) in [5, 5.41) is 3.03. The number of anilines is 1. The van der Waals surface area contributed by atoms with Crippen molar-refractivity contribution in [3.63, 3.8) is 0 Å². The maximum Gasteiger partial charge on any atom is 0.227 e. The molecule has 0 saturated carbocycles. The fourth-order valence-electron chi connectivity index (χ4n) is 3.86. The van der Waals surface area contributed by atoms with E-state index in [0.29, 0.717) is 24.7 Å². The Bertz CT molecular complexity index is 1000. The van der Waals surface area contributed by atoms with Crippen molar-refractivity contribution in [1.82, 2.24) is 5.32 Å². The molecule has 1 fully saturated rings. The van der Waals surface area contributed by atoms with Crippen LogP contribution < -0.4 is 19.7 Å². The first-order chi connectivity index (χ1) is 14.2. The molecule has 30 heavy (non-hydrogen) atoms. The summed E-state index contributed by atoms with van der Waals surface area (Å²) in [4.78, 5) is 26.8. The van der Waals surface area contributed by atoms with Crippen LogP contribution in [0, 0.1) is 18.7 Å². The summed E-state index contributed by atoms with van der Waals surface area (Å²) in [6, 6.07) is 10.3. The van der Waals surface area contributed by atoms with Crippen LogP contribution >= 0.6 is 0 Å². The van der Waals surface area contributed by atoms with Crippen LogP contribution in [0.5, 0.6) is 11.5 Å². The molecule has 6 nitrogen and oxygen atoms in total. The summed E-state index contributed by atoms with van der Waals surface area (Å²) in [7, 11) is 0. The van der Waals surface area contributed by atoms with Gasteiger partial charge in [-0.3, -0.25) is 9.59 Å². The van der Waals surface area contributed by atoms with E-state index in [9.17, 15) is 14.0 Å². The first-order valence-electron chi connectivity index (χ1n) is 10.0. The molecule has 1 unspecified atom stereocenters. The molecule has 0 radical (unpaired) electrons. The number of nitrogens with one attached hydrogen (secondary N) is 1. The molecule has 0 aliphatic carbocycles. The Morgan fingerprint density at radius 3 is 2.60 bits per heavy atom. The standard InChI is InChI=1S/C23H25FN2O4/c1-14-4-6-18(17(24)10-14)26-13-15(11-21(26)27)22(28)25-23(2,3)16-5-7-19-20(12-16)30-9-8-29-19/h4-7,10,12,15H,8-9,11,13H2,1-3H3,(H,25,28). The second-order valence-corrected chi connectivity index (χ2v) is 8.33. The van der Waals surface area contributed by atoms with E-state index in [1.807, 2.05) is 32.0 Å². The van der Waals surface area contributed by atoms with Crippen molar-refractivity contribution < 1.29 is 23.5 Å². The Labute approximate surface area is 175 Å². The molecule has 1 N–H and O–H groups in total. The van der Waals surface area contributed by atoms with Gasteiger partial charge in [0.2, 0.25) is 11.8 Å². The van der Waals surface area contributed by atoms with Gasteiger partial charge in [-0.05, 0) is 56.2 Å². The predicted molar refractivity (Wildman–Crippen MR) is 110 cm³/mol. The molecule has 2 heterocycles. The van der Waals surface area contributed by atoms with E-state index in [0.717, 1.165) is 11.1 Å². The molecule has 2 aliphatic rings. The summed E-state index contributed by atoms with van der Waals surface area (Å²) in [5.41, 5.74) is 1.18. The molecule has 0 spiro atoms. The van der Waals surface area contributed by atoms with E-state index in [1.54, 1.807) is 19.1 Å². The van der Waals surface area contributed by atoms with Gasteiger partial charge in [-0.1, -0.05) is 12.1 Å². The molecule has 4 rings (SSSR count). The molecule has 2 aromatic carbocycles.